The maximum atomic E-state index is 13.1. The molecule has 81 heavy (non-hydrogen) atoms. The fraction of sp³-hybridized carbons (Fsp3) is 0.653. The number of hydrogen-bond acceptors (Lipinski definition) is 23. The molecular formula is C49H81N7O23S2. The molecule has 0 aliphatic carbocycles. The van der Waals surface area contributed by atoms with Crippen molar-refractivity contribution in [1.29, 1.82) is 0 Å². The van der Waals surface area contributed by atoms with Crippen LogP contribution in [0.1, 0.15) is 6.42 Å². The van der Waals surface area contributed by atoms with Gasteiger partial charge in [-0.2, -0.15) is 0 Å². The van der Waals surface area contributed by atoms with Gasteiger partial charge in [0, 0.05) is 31.0 Å². The Morgan fingerprint density at radius 2 is 0.728 bits per heavy atom. The van der Waals surface area contributed by atoms with Crippen LogP contribution in [0.3, 0.4) is 0 Å². The molecule has 0 atom stereocenters. The van der Waals surface area contributed by atoms with Crippen LogP contribution in [0.15, 0.2) is 58.3 Å². The Balaban J connectivity index is 1.49. The topological polar surface area (TPSA) is 388 Å². The number of hydrogen-bond donors (Lipinski definition) is 6. The highest BCUT2D eigenvalue weighted by Gasteiger charge is 2.22. The molecule has 30 nitrogen and oxygen atoms in total. The summed E-state index contributed by atoms with van der Waals surface area (Å²) in [6, 6.07) is 10.1. The minimum Gasteiger partial charge on any atom is -0.481 e. The van der Waals surface area contributed by atoms with Crippen molar-refractivity contribution in [3.05, 3.63) is 48.5 Å². The third-order valence-electron chi connectivity index (χ3n) is 10.2. The van der Waals surface area contributed by atoms with E-state index >= 15 is 0 Å². The molecular weight excluding hydrogens is 1120 g/mol. The van der Waals surface area contributed by atoms with Gasteiger partial charge in [0.15, 0.2) is 0 Å². The average molecular weight is 1200 g/mol. The fourth-order valence-corrected chi connectivity index (χ4v) is 7.31. The van der Waals surface area contributed by atoms with Crippen molar-refractivity contribution in [1.82, 2.24) is 15.1 Å². The molecule has 0 fully saturated rings. The highest BCUT2D eigenvalue weighted by Crippen LogP contribution is 2.14. The number of carbonyl (C=O) groups excluding carboxylic acids is 4. The molecule has 462 valence electrons. The van der Waals surface area contributed by atoms with Crippen molar-refractivity contribution >= 4 is 61.2 Å². The minimum absolute atomic E-state index is 0.0263. The zero-order valence-corrected chi connectivity index (χ0v) is 47.5. The van der Waals surface area contributed by atoms with Crippen LogP contribution in [0, 0.1) is 0 Å². The number of nitrogens with two attached hydrogens (primary N) is 2. The van der Waals surface area contributed by atoms with E-state index in [2.05, 4.69) is 16.0 Å². The highest BCUT2D eigenvalue weighted by molar-refractivity contribution is 7.89. The van der Waals surface area contributed by atoms with E-state index in [1.54, 1.807) is 0 Å². The molecule has 2 aromatic carbocycles. The third kappa shape index (κ3) is 39.9. The van der Waals surface area contributed by atoms with Gasteiger partial charge in [-0.1, -0.05) is 0 Å². The van der Waals surface area contributed by atoms with Crippen LogP contribution in [0.2, 0.25) is 0 Å². The number of carbonyl (C=O) groups is 5. The van der Waals surface area contributed by atoms with E-state index in [-0.39, 0.29) is 86.7 Å². The Labute approximate surface area is 472 Å². The highest BCUT2D eigenvalue weighted by atomic mass is 32.2. The molecule has 4 amide bonds. The normalized spacial score (nSPS) is 11.7. The molecule has 0 saturated carbocycles. The number of primary sulfonamides is 2. The second-order valence-electron chi connectivity index (χ2n) is 16.7. The van der Waals surface area contributed by atoms with Gasteiger partial charge in [0.1, 0.15) is 6.54 Å². The molecule has 32 heteroatoms. The predicted octanol–water partition coefficient (Wildman–Crippen LogP) is -1.28. The minimum atomic E-state index is -3.97. The second-order valence-corrected chi connectivity index (χ2v) is 19.8. The van der Waals surface area contributed by atoms with Crippen LogP contribution < -0.4 is 26.2 Å². The summed E-state index contributed by atoms with van der Waals surface area (Å²) in [7, 11) is -6.83. The zero-order chi connectivity index (χ0) is 59.2. The number of carboxylic acids is 1. The maximum Gasteiger partial charge on any atom is 0.409 e. The largest absolute Gasteiger partial charge is 0.481 e. The van der Waals surface area contributed by atoms with Crippen molar-refractivity contribution in [2.45, 2.75) is 16.2 Å². The van der Waals surface area contributed by atoms with Gasteiger partial charge in [0.05, 0.1) is 195 Å². The van der Waals surface area contributed by atoms with Crippen LogP contribution >= 0.6 is 0 Å². The van der Waals surface area contributed by atoms with Crippen molar-refractivity contribution in [3.8, 4) is 0 Å². The van der Waals surface area contributed by atoms with E-state index in [1.807, 2.05) is 0 Å². The van der Waals surface area contributed by atoms with Gasteiger partial charge in [-0.25, -0.2) is 31.9 Å². The molecule has 0 unspecified atom stereocenters. The quantitative estimate of drug-likeness (QED) is 0.0420. The lowest BCUT2D eigenvalue weighted by Crippen LogP contribution is -2.47. The molecule has 8 N–H and O–H groups in total. The molecule has 0 aromatic heterocycles. The van der Waals surface area contributed by atoms with Gasteiger partial charge in [0.2, 0.25) is 37.8 Å². The SMILES string of the molecule is COC(=O)N(CCN(CC(=O)NCCOCCOCCOCCOCCOCCOCCOCCOCCOCCOCCOCCOCCC(=O)O)CC(=O)Nc1ccc(S(N)(=O)=O)cc1)CC(=O)Nc1ccc(S(N)(=O)=O)cc1. The predicted molar refractivity (Wildman–Crippen MR) is 288 cm³/mol. The number of ether oxygens (including phenoxy) is 13. The first-order chi connectivity index (χ1) is 39.0. The van der Waals surface area contributed by atoms with Gasteiger partial charge in [-0.3, -0.25) is 29.0 Å². The average Bonchev–Trinajstić information content (AvgIpc) is 3.42. The second kappa shape index (κ2) is 45.4. The number of aliphatic carboxylic acids is 1. The Bertz CT molecular complexity index is 2260. The van der Waals surface area contributed by atoms with Gasteiger partial charge in [0.25, 0.3) is 0 Å². The van der Waals surface area contributed by atoms with Crippen LogP contribution in [0.25, 0.3) is 0 Å². The van der Waals surface area contributed by atoms with Crippen molar-refractivity contribution in [2.24, 2.45) is 10.3 Å². The fourth-order valence-electron chi connectivity index (χ4n) is 6.28. The molecule has 0 radical (unpaired) electrons. The number of sulfonamides is 2. The smallest absolute Gasteiger partial charge is 0.409 e. The molecule has 0 aliphatic rings. The Kier molecular flexibility index (Phi) is 40.4. The summed E-state index contributed by atoms with van der Waals surface area (Å²) in [5.74, 6) is -2.63. The number of rotatable bonds is 52. The van der Waals surface area contributed by atoms with Gasteiger partial charge in [-0.05, 0) is 48.5 Å². The number of anilines is 2. The Morgan fingerprint density at radius 1 is 0.432 bits per heavy atom. The van der Waals surface area contributed by atoms with Gasteiger partial charge < -0.3 is 82.6 Å². The van der Waals surface area contributed by atoms with Crippen molar-refractivity contribution in [3.63, 3.8) is 0 Å². The summed E-state index contributed by atoms with van der Waals surface area (Å²) in [5.41, 5.74) is 0.468. The summed E-state index contributed by atoms with van der Waals surface area (Å²) in [4.78, 5) is 64.2. The van der Waals surface area contributed by atoms with E-state index in [1.165, 1.54) is 53.4 Å². The van der Waals surface area contributed by atoms with Crippen LogP contribution in [0.4, 0.5) is 16.2 Å². The lowest BCUT2D eigenvalue weighted by atomic mass is 10.3. The molecule has 0 spiro atoms. The summed E-state index contributed by atoms with van der Waals surface area (Å²) in [6.45, 7) is 7.62. The van der Waals surface area contributed by atoms with E-state index < -0.39 is 56.4 Å². The monoisotopic (exact) mass is 1200 g/mol. The first-order valence-corrected chi connectivity index (χ1v) is 28.9. The van der Waals surface area contributed by atoms with E-state index in [0.29, 0.717) is 132 Å². The number of nitrogens with zero attached hydrogens (tertiary/aromatic N) is 2. The summed E-state index contributed by atoms with van der Waals surface area (Å²) in [6.07, 6.45) is -0.909. The number of nitrogens with one attached hydrogen (secondary N) is 3. The molecule has 2 aromatic rings. The van der Waals surface area contributed by atoms with Crippen LogP contribution in [-0.4, -0.2) is 266 Å². The molecule has 0 bridgehead atoms. The molecule has 2 rings (SSSR count). The van der Waals surface area contributed by atoms with Crippen molar-refractivity contribution < 1.29 is 107 Å². The summed E-state index contributed by atoms with van der Waals surface area (Å²) >= 11 is 0. The summed E-state index contributed by atoms with van der Waals surface area (Å²) in [5, 5.41) is 26.7. The van der Waals surface area contributed by atoms with E-state index in [9.17, 15) is 40.8 Å². The number of methoxy groups -OCH3 is 1. The zero-order valence-electron chi connectivity index (χ0n) is 45.8. The molecule has 0 heterocycles. The van der Waals surface area contributed by atoms with Crippen LogP contribution in [-0.2, 0) is 101 Å². The Morgan fingerprint density at radius 3 is 1.04 bits per heavy atom. The standard InChI is InChI=1S/C49H81N7O23S2/c1-67-49(62)56(40-47(59)54-42-4-8-44(9-5-42)81(51,65)66)13-12-55(39-46(58)53-41-2-6-43(7-3-41)80(50,63)64)38-45(57)52-11-15-69-17-19-71-21-23-73-25-27-75-29-31-77-33-35-79-37-36-78-34-32-76-30-28-74-26-24-72-22-20-70-18-16-68-14-10-48(60)61/h2-9H,10-40H2,1H3,(H,52,57)(H,53,58)(H,54,59)(H,60,61)(H2,50,63,64)(H2,51,65,66). The number of amides is 4. The summed E-state index contributed by atoms with van der Waals surface area (Å²) < 4.78 is 117. The van der Waals surface area contributed by atoms with Gasteiger partial charge >= 0.3 is 12.1 Å². The molecule has 0 aliphatic heterocycles. The first kappa shape index (κ1) is 72.0. The van der Waals surface area contributed by atoms with E-state index in [4.69, 9.17) is 77.0 Å². The number of carboxylic acid groups (broad SMARTS) is 1. The van der Waals surface area contributed by atoms with Gasteiger partial charge in [-0.15, -0.1) is 0 Å². The molecule has 0 saturated heterocycles. The first-order valence-electron chi connectivity index (χ1n) is 25.8. The Hall–Kier alpha value is -5.11. The van der Waals surface area contributed by atoms with Crippen molar-refractivity contribution in [2.75, 3.05) is 216 Å². The number of benzene rings is 2. The van der Waals surface area contributed by atoms with Crippen LogP contribution in [0.5, 0.6) is 0 Å². The maximum absolute atomic E-state index is 13.1. The third-order valence-corrected chi connectivity index (χ3v) is 12.1. The lowest BCUT2D eigenvalue weighted by Gasteiger charge is -2.26. The lowest BCUT2D eigenvalue weighted by molar-refractivity contribution is -0.138. The van der Waals surface area contributed by atoms with E-state index in [0.717, 1.165) is 12.0 Å².